The summed E-state index contributed by atoms with van der Waals surface area (Å²) in [5.41, 5.74) is 6.13. The number of halogens is 2. The van der Waals surface area contributed by atoms with Crippen molar-refractivity contribution >= 4 is 39.5 Å². The molecule has 184 valence electrons. The third-order valence-corrected chi connectivity index (χ3v) is 7.03. The Bertz CT molecular complexity index is 1830. The first-order valence-electron chi connectivity index (χ1n) is 11.8. The second-order valence-corrected chi connectivity index (χ2v) is 9.71. The zero-order valence-corrected chi connectivity index (χ0v) is 20.7. The highest BCUT2D eigenvalue weighted by Gasteiger charge is 2.28. The Labute approximate surface area is 216 Å². The molecule has 0 aliphatic rings. The fourth-order valence-corrected chi connectivity index (χ4v) is 5.39. The van der Waals surface area contributed by atoms with E-state index in [1.165, 1.54) is 12.1 Å². The van der Waals surface area contributed by atoms with E-state index >= 15 is 0 Å². The van der Waals surface area contributed by atoms with Crippen LogP contribution in [0.1, 0.15) is 35.8 Å². The molecule has 6 aromatic rings. The van der Waals surface area contributed by atoms with Gasteiger partial charge >= 0.3 is 5.97 Å². The predicted molar refractivity (Wildman–Crippen MR) is 145 cm³/mol. The number of hydrogen-bond donors (Lipinski definition) is 4. The van der Waals surface area contributed by atoms with Gasteiger partial charge in [-0.25, -0.2) is 14.2 Å². The average molecular weight is 513 g/mol. The van der Waals surface area contributed by atoms with Gasteiger partial charge < -0.3 is 20.1 Å². The zero-order chi connectivity index (χ0) is 25.8. The Morgan fingerprint density at radius 1 is 1.00 bits per heavy atom. The second kappa shape index (κ2) is 8.64. The number of pyridine rings is 1. The highest BCUT2D eigenvalue weighted by Crippen LogP contribution is 2.44. The zero-order valence-electron chi connectivity index (χ0n) is 20.0. The van der Waals surface area contributed by atoms with Crippen molar-refractivity contribution in [3.63, 3.8) is 0 Å². The van der Waals surface area contributed by atoms with Crippen molar-refractivity contribution in [2.24, 2.45) is 0 Å². The molecule has 2 aromatic carbocycles. The SMILES string of the molecule is CC(C)c1c(-c2cc(F)cc3[nH]ccc23)[nH]c(C(=O)O)c1-c1ccnc2[nH]c(-c3ccccc3Cl)cc12. The Balaban J connectivity index is 1.66. The molecule has 0 saturated heterocycles. The van der Waals surface area contributed by atoms with Gasteiger partial charge in [0.1, 0.15) is 17.2 Å². The van der Waals surface area contributed by atoms with Gasteiger partial charge in [-0.15, -0.1) is 0 Å². The number of rotatable bonds is 5. The van der Waals surface area contributed by atoms with Gasteiger partial charge in [0, 0.05) is 56.1 Å². The largest absolute Gasteiger partial charge is 0.477 e. The summed E-state index contributed by atoms with van der Waals surface area (Å²) in [5, 5.41) is 12.4. The number of nitrogens with zero attached hydrogens (tertiary/aromatic N) is 1. The van der Waals surface area contributed by atoms with Gasteiger partial charge in [0.15, 0.2) is 0 Å². The van der Waals surface area contributed by atoms with Crippen LogP contribution in [0.3, 0.4) is 0 Å². The van der Waals surface area contributed by atoms with Gasteiger partial charge in [0.2, 0.25) is 0 Å². The summed E-state index contributed by atoms with van der Waals surface area (Å²) in [4.78, 5) is 26.5. The summed E-state index contributed by atoms with van der Waals surface area (Å²) >= 11 is 6.44. The highest BCUT2D eigenvalue weighted by atomic mass is 35.5. The maximum absolute atomic E-state index is 14.6. The Hall–Kier alpha value is -4.36. The van der Waals surface area contributed by atoms with Crippen molar-refractivity contribution in [1.82, 2.24) is 19.9 Å². The quantitative estimate of drug-likeness (QED) is 0.188. The minimum absolute atomic E-state index is 0.0413. The van der Waals surface area contributed by atoms with Crippen LogP contribution in [0.25, 0.3) is 55.6 Å². The number of aromatic nitrogens is 4. The Kier molecular flexibility index (Phi) is 5.38. The minimum atomic E-state index is -1.10. The van der Waals surface area contributed by atoms with Crippen molar-refractivity contribution in [2.45, 2.75) is 19.8 Å². The molecular weight excluding hydrogens is 491 g/mol. The average Bonchev–Trinajstić information content (AvgIpc) is 3.59. The standard InChI is InChI=1S/C29H22ClFN4O2/c1-14(2)24-25(17-8-10-33-28-20(17)13-23(34-28)18-5-3-4-6-21(18)30)27(29(36)37)35-26(24)19-11-15(31)12-22-16(19)7-9-32-22/h3-14,32,35H,1-2H3,(H,33,34)(H,36,37). The van der Waals surface area contributed by atoms with Crippen LogP contribution in [0.2, 0.25) is 5.02 Å². The van der Waals surface area contributed by atoms with Gasteiger partial charge in [-0.2, -0.15) is 0 Å². The predicted octanol–water partition coefficient (Wildman–Crippen LogP) is 7.99. The van der Waals surface area contributed by atoms with Gasteiger partial charge in [0.25, 0.3) is 0 Å². The Morgan fingerprint density at radius 2 is 1.81 bits per heavy atom. The molecule has 6 rings (SSSR count). The lowest BCUT2D eigenvalue weighted by Gasteiger charge is -2.13. The topological polar surface area (TPSA) is 97.6 Å². The van der Waals surface area contributed by atoms with Crippen LogP contribution in [-0.4, -0.2) is 31.0 Å². The number of H-pyrrole nitrogens is 3. The summed E-state index contributed by atoms with van der Waals surface area (Å²) in [7, 11) is 0. The van der Waals surface area contributed by atoms with Gasteiger partial charge in [-0.05, 0) is 53.4 Å². The molecule has 0 atom stereocenters. The maximum atomic E-state index is 14.6. The van der Waals surface area contributed by atoms with Crippen molar-refractivity contribution in [3.8, 4) is 33.6 Å². The molecule has 0 saturated carbocycles. The maximum Gasteiger partial charge on any atom is 0.352 e. The number of carboxylic acid groups (broad SMARTS) is 1. The normalized spacial score (nSPS) is 11.7. The van der Waals surface area contributed by atoms with E-state index in [2.05, 4.69) is 19.9 Å². The molecule has 8 heteroatoms. The van der Waals surface area contributed by atoms with Gasteiger partial charge in [0.05, 0.1) is 5.69 Å². The number of carbonyl (C=O) groups is 1. The van der Waals surface area contributed by atoms with Crippen molar-refractivity contribution < 1.29 is 14.3 Å². The number of nitrogens with one attached hydrogen (secondary N) is 3. The fraction of sp³-hybridized carbons (Fsp3) is 0.103. The van der Waals surface area contributed by atoms with Crippen LogP contribution < -0.4 is 0 Å². The van der Waals surface area contributed by atoms with E-state index in [1.54, 1.807) is 12.4 Å². The van der Waals surface area contributed by atoms with Crippen molar-refractivity contribution in [2.75, 3.05) is 0 Å². The van der Waals surface area contributed by atoms with E-state index in [-0.39, 0.29) is 11.6 Å². The summed E-state index contributed by atoms with van der Waals surface area (Å²) in [5.74, 6) is -1.58. The number of hydrogen-bond acceptors (Lipinski definition) is 2. The molecule has 0 aliphatic carbocycles. The molecule has 0 bridgehead atoms. The van der Waals surface area contributed by atoms with Crippen LogP contribution in [0, 0.1) is 5.82 Å². The highest BCUT2D eigenvalue weighted by molar-refractivity contribution is 6.33. The smallest absolute Gasteiger partial charge is 0.352 e. The molecule has 37 heavy (non-hydrogen) atoms. The summed E-state index contributed by atoms with van der Waals surface area (Å²) in [6, 6.07) is 16.0. The fourth-order valence-electron chi connectivity index (χ4n) is 5.15. The number of carboxylic acids is 1. The monoisotopic (exact) mass is 512 g/mol. The van der Waals surface area contributed by atoms with Crippen LogP contribution in [0.4, 0.5) is 4.39 Å². The number of aromatic carboxylic acids is 1. The van der Waals surface area contributed by atoms with E-state index in [0.29, 0.717) is 38.6 Å². The first kappa shape index (κ1) is 23.1. The third kappa shape index (κ3) is 3.70. The number of fused-ring (bicyclic) bond motifs is 2. The lowest BCUT2D eigenvalue weighted by atomic mass is 9.89. The lowest BCUT2D eigenvalue weighted by Crippen LogP contribution is -2.00. The molecule has 0 fully saturated rings. The van der Waals surface area contributed by atoms with Gasteiger partial charge in [-0.1, -0.05) is 43.6 Å². The summed E-state index contributed by atoms with van der Waals surface area (Å²) in [6.07, 6.45) is 3.40. The van der Waals surface area contributed by atoms with E-state index in [4.69, 9.17) is 11.6 Å². The molecule has 0 radical (unpaired) electrons. The third-order valence-electron chi connectivity index (χ3n) is 6.70. The van der Waals surface area contributed by atoms with Crippen LogP contribution >= 0.6 is 11.6 Å². The van der Waals surface area contributed by atoms with Crippen molar-refractivity contribution in [3.05, 3.63) is 89.1 Å². The summed E-state index contributed by atoms with van der Waals surface area (Å²) in [6.45, 7) is 4.00. The van der Waals surface area contributed by atoms with Crippen molar-refractivity contribution in [1.29, 1.82) is 0 Å². The molecule has 4 heterocycles. The van der Waals surface area contributed by atoms with E-state index in [9.17, 15) is 14.3 Å². The van der Waals surface area contributed by atoms with Crippen LogP contribution in [0.15, 0.2) is 67.0 Å². The summed E-state index contributed by atoms with van der Waals surface area (Å²) < 4.78 is 14.6. The first-order valence-corrected chi connectivity index (χ1v) is 12.2. The van der Waals surface area contributed by atoms with Gasteiger partial charge in [-0.3, -0.25) is 0 Å². The first-order chi connectivity index (χ1) is 17.8. The van der Waals surface area contributed by atoms with E-state index < -0.39 is 11.8 Å². The minimum Gasteiger partial charge on any atom is -0.477 e. The van der Waals surface area contributed by atoms with Crippen LogP contribution in [-0.2, 0) is 0 Å². The molecule has 4 N–H and O–H groups in total. The van der Waals surface area contributed by atoms with E-state index in [1.807, 2.05) is 56.3 Å². The van der Waals surface area contributed by atoms with Crippen LogP contribution in [0.5, 0.6) is 0 Å². The molecule has 0 amide bonds. The molecule has 0 spiro atoms. The van der Waals surface area contributed by atoms with E-state index in [0.717, 1.165) is 27.6 Å². The molecule has 0 unspecified atom stereocenters. The number of benzene rings is 2. The molecule has 4 aromatic heterocycles. The lowest BCUT2D eigenvalue weighted by molar-refractivity contribution is 0.0692. The molecular formula is C29H22ClFN4O2. The molecule has 0 aliphatic heterocycles. The second-order valence-electron chi connectivity index (χ2n) is 9.30. The molecule has 6 nitrogen and oxygen atoms in total. The Morgan fingerprint density at radius 3 is 2.57 bits per heavy atom. The number of aromatic amines is 3.